The van der Waals surface area contributed by atoms with E-state index in [-0.39, 0.29) is 17.3 Å². The molecule has 0 bridgehead atoms. The number of carbonyl (C=O) groups excluding carboxylic acids is 1. The normalized spacial score (nSPS) is 14.0. The Labute approximate surface area is 124 Å². The zero-order valence-corrected chi connectivity index (χ0v) is 12.2. The van der Waals surface area contributed by atoms with Gasteiger partial charge in [-0.3, -0.25) is 4.79 Å². The predicted molar refractivity (Wildman–Crippen MR) is 82.2 cm³/mol. The summed E-state index contributed by atoms with van der Waals surface area (Å²) in [7, 11) is 1.92. The molecule has 3 aromatic rings. The first kappa shape index (κ1) is 12.5. The lowest BCUT2D eigenvalue weighted by molar-refractivity contribution is 0.0987. The molecule has 0 spiro atoms. The number of hydrogen-bond acceptors (Lipinski definition) is 4. The van der Waals surface area contributed by atoms with Gasteiger partial charge in [0, 0.05) is 29.8 Å². The Morgan fingerprint density at radius 2 is 2.05 bits per heavy atom. The molecule has 2 heterocycles. The van der Waals surface area contributed by atoms with E-state index < -0.39 is 0 Å². The number of benzene rings is 1. The highest BCUT2D eigenvalue weighted by Crippen LogP contribution is 2.44. The first-order chi connectivity index (χ1) is 10.1. The lowest BCUT2D eigenvalue weighted by Gasteiger charge is -2.03. The maximum absolute atomic E-state index is 12.0. The van der Waals surface area contributed by atoms with Gasteiger partial charge in [-0.25, -0.2) is 0 Å². The number of hydrogen-bond donors (Lipinski definition) is 2. The molecule has 0 amide bonds. The van der Waals surface area contributed by atoms with Crippen molar-refractivity contribution in [3.63, 3.8) is 0 Å². The van der Waals surface area contributed by atoms with Gasteiger partial charge in [0.2, 0.25) is 0 Å². The van der Waals surface area contributed by atoms with Crippen LogP contribution in [0.2, 0.25) is 0 Å². The quantitative estimate of drug-likeness (QED) is 0.723. The second kappa shape index (κ2) is 4.11. The summed E-state index contributed by atoms with van der Waals surface area (Å²) in [4.78, 5) is 12.6. The topological polar surface area (TPSA) is 62.5 Å². The molecular weight excluding hydrogens is 286 g/mol. The Bertz CT molecular complexity index is 904. The molecular formula is C16H13NO3S. The van der Waals surface area contributed by atoms with Gasteiger partial charge in [-0.1, -0.05) is 6.07 Å². The van der Waals surface area contributed by atoms with E-state index in [0.29, 0.717) is 11.3 Å². The average molecular weight is 299 g/mol. The summed E-state index contributed by atoms with van der Waals surface area (Å²) in [6, 6.07) is 5.87. The molecule has 0 saturated heterocycles. The van der Waals surface area contributed by atoms with Crippen LogP contribution in [0, 0.1) is 0 Å². The molecule has 5 heteroatoms. The number of nitrogens with zero attached hydrogens (tertiary/aromatic N) is 1. The molecule has 21 heavy (non-hydrogen) atoms. The largest absolute Gasteiger partial charge is 0.504 e. The number of carbonyl (C=O) groups is 1. The maximum Gasteiger partial charge on any atom is 0.179 e. The average Bonchev–Trinajstić information content (AvgIpc) is 3.10. The highest BCUT2D eigenvalue weighted by molar-refractivity contribution is 7.14. The van der Waals surface area contributed by atoms with Crippen LogP contribution in [0.5, 0.6) is 11.5 Å². The number of thiophene rings is 1. The molecule has 0 unspecified atom stereocenters. The van der Waals surface area contributed by atoms with Crippen LogP contribution in [0.15, 0.2) is 23.6 Å². The molecule has 1 aliphatic rings. The Balaban J connectivity index is 1.99. The summed E-state index contributed by atoms with van der Waals surface area (Å²) in [5.41, 5.74) is 3.79. The monoisotopic (exact) mass is 299 g/mol. The van der Waals surface area contributed by atoms with Crippen LogP contribution in [0.25, 0.3) is 21.3 Å². The van der Waals surface area contributed by atoms with Crippen molar-refractivity contribution in [2.75, 3.05) is 0 Å². The molecule has 0 fully saturated rings. The minimum Gasteiger partial charge on any atom is -0.504 e. The van der Waals surface area contributed by atoms with Crippen molar-refractivity contribution in [3.8, 4) is 21.9 Å². The Hall–Kier alpha value is -2.27. The summed E-state index contributed by atoms with van der Waals surface area (Å²) in [5.74, 6) is 0.0217. The molecule has 4 nitrogen and oxygen atoms in total. The molecule has 4 rings (SSSR count). The van der Waals surface area contributed by atoms with E-state index in [4.69, 9.17) is 0 Å². The lowest BCUT2D eigenvalue weighted by Crippen LogP contribution is -2.00. The number of fused-ring (bicyclic) bond motifs is 3. The van der Waals surface area contributed by atoms with E-state index in [9.17, 15) is 15.0 Å². The van der Waals surface area contributed by atoms with Crippen LogP contribution < -0.4 is 0 Å². The zero-order chi connectivity index (χ0) is 14.7. The summed E-state index contributed by atoms with van der Waals surface area (Å²) in [6.45, 7) is 0. The van der Waals surface area contributed by atoms with Gasteiger partial charge in [0.25, 0.3) is 0 Å². The highest BCUT2D eigenvalue weighted by atomic mass is 32.1. The van der Waals surface area contributed by atoms with Gasteiger partial charge in [0.05, 0.1) is 10.6 Å². The van der Waals surface area contributed by atoms with Gasteiger partial charge in [-0.05, 0) is 29.7 Å². The van der Waals surface area contributed by atoms with E-state index >= 15 is 0 Å². The molecule has 0 atom stereocenters. The standard InChI is InChI=1S/C16H13NO3S/c1-17-11-4-2-8(16-15(20)13(19)7-21-16)6-10(11)9-3-5-12(18)14(9)17/h2,4,6-7,19-20H,3,5H2,1H3. The third-order valence-corrected chi connectivity index (χ3v) is 5.18. The van der Waals surface area contributed by atoms with Crippen molar-refractivity contribution < 1.29 is 15.0 Å². The van der Waals surface area contributed by atoms with E-state index in [1.54, 1.807) is 0 Å². The van der Waals surface area contributed by atoms with Crippen LogP contribution >= 0.6 is 11.3 Å². The zero-order valence-electron chi connectivity index (χ0n) is 11.4. The van der Waals surface area contributed by atoms with Crippen molar-refractivity contribution in [2.24, 2.45) is 7.05 Å². The predicted octanol–water partition coefficient (Wildman–Crippen LogP) is 3.45. The van der Waals surface area contributed by atoms with E-state index in [2.05, 4.69) is 0 Å². The Morgan fingerprint density at radius 3 is 2.76 bits per heavy atom. The van der Waals surface area contributed by atoms with Crippen LogP contribution in [-0.2, 0) is 13.5 Å². The summed E-state index contributed by atoms with van der Waals surface area (Å²) in [6.07, 6.45) is 1.35. The SMILES string of the molecule is Cn1c2c(c3cc(-c4scc(O)c4O)ccc31)CCC2=O. The smallest absolute Gasteiger partial charge is 0.179 e. The van der Waals surface area contributed by atoms with E-state index in [0.717, 1.165) is 34.1 Å². The van der Waals surface area contributed by atoms with Crippen LogP contribution in [0.1, 0.15) is 22.5 Å². The number of ketones is 1. The fraction of sp³-hybridized carbons (Fsp3) is 0.188. The molecule has 2 aromatic heterocycles. The van der Waals surface area contributed by atoms with Crippen molar-refractivity contribution in [2.45, 2.75) is 12.8 Å². The maximum atomic E-state index is 12.0. The van der Waals surface area contributed by atoms with Crippen molar-refractivity contribution in [1.82, 2.24) is 4.57 Å². The molecule has 1 aliphatic carbocycles. The molecule has 1 aromatic carbocycles. The van der Waals surface area contributed by atoms with Crippen molar-refractivity contribution in [1.29, 1.82) is 0 Å². The van der Waals surface area contributed by atoms with Crippen molar-refractivity contribution >= 4 is 28.0 Å². The van der Waals surface area contributed by atoms with Crippen molar-refractivity contribution in [3.05, 3.63) is 34.8 Å². The number of aryl methyl sites for hydroxylation is 2. The highest BCUT2D eigenvalue weighted by Gasteiger charge is 2.27. The van der Waals surface area contributed by atoms with Crippen LogP contribution in [0.4, 0.5) is 0 Å². The lowest BCUT2D eigenvalue weighted by atomic mass is 10.1. The number of aromatic hydroxyl groups is 2. The van der Waals surface area contributed by atoms with Gasteiger partial charge >= 0.3 is 0 Å². The van der Waals surface area contributed by atoms with Gasteiger partial charge in [-0.15, -0.1) is 11.3 Å². The third-order valence-electron chi connectivity index (χ3n) is 4.18. The van der Waals surface area contributed by atoms with E-state index in [1.807, 2.05) is 29.8 Å². The Morgan fingerprint density at radius 1 is 1.24 bits per heavy atom. The number of aromatic nitrogens is 1. The second-order valence-corrected chi connectivity index (χ2v) is 6.22. The number of rotatable bonds is 1. The molecule has 106 valence electrons. The van der Waals surface area contributed by atoms with Gasteiger partial charge in [0.1, 0.15) is 0 Å². The molecule has 0 saturated carbocycles. The Kier molecular flexibility index (Phi) is 2.44. The second-order valence-electron chi connectivity index (χ2n) is 5.34. The van der Waals surface area contributed by atoms with Gasteiger partial charge in [0.15, 0.2) is 17.3 Å². The van der Waals surface area contributed by atoms with Crippen LogP contribution in [0.3, 0.4) is 0 Å². The molecule has 2 N–H and O–H groups in total. The minimum atomic E-state index is -0.0939. The van der Waals surface area contributed by atoms with E-state index in [1.165, 1.54) is 16.7 Å². The first-order valence-corrected chi connectivity index (χ1v) is 7.60. The third kappa shape index (κ3) is 1.58. The van der Waals surface area contributed by atoms with Gasteiger partial charge < -0.3 is 14.8 Å². The molecule has 0 aliphatic heterocycles. The van der Waals surface area contributed by atoms with Gasteiger partial charge in [-0.2, -0.15) is 0 Å². The number of Topliss-reactive ketones (excluding diaryl/α,β-unsaturated/α-hetero) is 1. The minimum absolute atomic E-state index is 0.0806. The fourth-order valence-corrected chi connectivity index (χ4v) is 4.00. The van der Waals surface area contributed by atoms with Crippen LogP contribution in [-0.4, -0.2) is 20.6 Å². The summed E-state index contributed by atoms with van der Waals surface area (Å²) < 4.78 is 1.95. The first-order valence-electron chi connectivity index (χ1n) is 6.72. The fourth-order valence-electron chi connectivity index (χ4n) is 3.17. The summed E-state index contributed by atoms with van der Waals surface area (Å²) >= 11 is 1.30. The molecule has 0 radical (unpaired) electrons. The summed E-state index contributed by atoms with van der Waals surface area (Å²) in [5, 5.41) is 22.0.